The number of aryl methyl sites for hydroxylation is 3. The fourth-order valence-electron chi connectivity index (χ4n) is 3.33. The zero-order valence-corrected chi connectivity index (χ0v) is 16.7. The van der Waals surface area contributed by atoms with Crippen molar-refractivity contribution in [1.82, 2.24) is 0 Å². The van der Waals surface area contributed by atoms with Crippen LogP contribution in [0.3, 0.4) is 0 Å². The van der Waals surface area contributed by atoms with Crippen LogP contribution in [0.5, 0.6) is 0 Å². The van der Waals surface area contributed by atoms with Crippen molar-refractivity contribution >= 4 is 26.6 Å². The van der Waals surface area contributed by atoms with Gasteiger partial charge < -0.3 is 0 Å². The Bertz CT molecular complexity index is 1190. The first-order valence-electron chi connectivity index (χ1n) is 8.65. The quantitative estimate of drug-likeness (QED) is 0.417. The number of hydrogen-bond acceptors (Lipinski definition) is 4. The van der Waals surface area contributed by atoms with E-state index in [1.165, 1.54) is 26.0 Å². The highest BCUT2D eigenvalue weighted by atomic mass is 32.2. The van der Waals surface area contributed by atoms with E-state index in [0.29, 0.717) is 21.9 Å². The fraction of sp³-hybridized carbons (Fsp3) is 0.190. The number of hydrogen-bond donors (Lipinski definition) is 0. The molecule has 0 aliphatic carbocycles. The number of fused-ring (bicyclic) bond motifs is 1. The lowest BCUT2D eigenvalue weighted by Gasteiger charge is -2.16. The molecule has 152 valence electrons. The average Bonchev–Trinajstić information content (AvgIpc) is 2.62. The second-order valence-electron chi connectivity index (χ2n) is 6.72. The molecule has 0 aliphatic rings. The van der Waals surface area contributed by atoms with E-state index >= 15 is 0 Å². The van der Waals surface area contributed by atoms with E-state index < -0.39 is 22.0 Å². The summed E-state index contributed by atoms with van der Waals surface area (Å²) in [7, 11) is -4.57. The summed E-state index contributed by atoms with van der Waals surface area (Å²) in [6.45, 7) is 4.78. The number of oxime groups is 1. The van der Waals surface area contributed by atoms with E-state index in [0.717, 1.165) is 5.56 Å². The molecule has 0 fully saturated rings. The van der Waals surface area contributed by atoms with E-state index in [1.807, 2.05) is 0 Å². The third-order valence-corrected chi connectivity index (χ3v) is 5.59. The van der Waals surface area contributed by atoms with Gasteiger partial charge in [-0.05, 0) is 43.4 Å². The van der Waals surface area contributed by atoms with Crippen LogP contribution < -0.4 is 0 Å². The highest BCUT2D eigenvalue weighted by molar-refractivity contribution is 7.87. The van der Waals surface area contributed by atoms with Crippen LogP contribution >= 0.6 is 0 Å². The van der Waals surface area contributed by atoms with E-state index in [9.17, 15) is 21.6 Å². The molecule has 0 heterocycles. The summed E-state index contributed by atoms with van der Waals surface area (Å²) >= 11 is 0. The molecule has 0 amide bonds. The minimum Gasteiger partial charge on any atom is -0.264 e. The number of benzene rings is 3. The molecule has 3 aromatic carbocycles. The largest absolute Gasteiger partial charge is 0.437 e. The number of alkyl halides is 3. The molecule has 0 radical (unpaired) electrons. The van der Waals surface area contributed by atoms with E-state index in [1.54, 1.807) is 49.4 Å². The van der Waals surface area contributed by atoms with Crippen LogP contribution in [-0.4, -0.2) is 20.3 Å². The first-order valence-corrected chi connectivity index (χ1v) is 10.1. The van der Waals surface area contributed by atoms with Gasteiger partial charge >= 0.3 is 16.3 Å². The number of halogens is 3. The SMILES string of the molecule is Cc1cc(C)c(C(=NOS(=O)(=O)c2cccc3ccccc23)C(F)(F)F)c(C)c1. The molecule has 0 bridgehead atoms. The van der Waals surface area contributed by atoms with Gasteiger partial charge in [0.25, 0.3) is 0 Å². The second-order valence-corrected chi connectivity index (χ2v) is 8.21. The molecule has 4 nitrogen and oxygen atoms in total. The van der Waals surface area contributed by atoms with Crippen molar-refractivity contribution < 1.29 is 25.9 Å². The number of nitrogens with zero attached hydrogens (tertiary/aromatic N) is 1. The molecular formula is C21H18F3NO3S. The Morgan fingerprint density at radius 2 is 1.52 bits per heavy atom. The molecule has 0 saturated carbocycles. The monoisotopic (exact) mass is 421 g/mol. The van der Waals surface area contributed by atoms with E-state index in [-0.39, 0.29) is 10.5 Å². The van der Waals surface area contributed by atoms with Gasteiger partial charge in [0.05, 0.1) is 0 Å². The van der Waals surface area contributed by atoms with Gasteiger partial charge in [-0.3, -0.25) is 4.28 Å². The van der Waals surface area contributed by atoms with Gasteiger partial charge in [0.15, 0.2) is 5.71 Å². The standard InChI is InChI=1S/C21H18F3NO3S/c1-13-11-14(2)19(15(3)12-13)20(21(22,23)24)25-28-29(26,27)18-10-6-8-16-7-4-5-9-17(16)18/h4-12H,1-3H3. The summed E-state index contributed by atoms with van der Waals surface area (Å²) in [6.07, 6.45) is -4.90. The van der Waals surface area contributed by atoms with Crippen molar-refractivity contribution in [3.05, 3.63) is 76.9 Å². The maximum Gasteiger partial charge on any atom is 0.437 e. The fourth-order valence-corrected chi connectivity index (χ4v) is 4.29. The Balaban J connectivity index is 2.11. The molecule has 0 unspecified atom stereocenters. The summed E-state index contributed by atoms with van der Waals surface area (Å²) in [5, 5.41) is 4.02. The van der Waals surface area contributed by atoms with Gasteiger partial charge in [0, 0.05) is 10.9 Å². The lowest BCUT2D eigenvalue weighted by atomic mass is 9.96. The van der Waals surface area contributed by atoms with Crippen molar-refractivity contribution in [3.63, 3.8) is 0 Å². The lowest BCUT2D eigenvalue weighted by Crippen LogP contribution is -2.27. The van der Waals surface area contributed by atoms with Gasteiger partial charge in [0.2, 0.25) is 0 Å². The zero-order chi connectivity index (χ0) is 21.4. The summed E-state index contributed by atoms with van der Waals surface area (Å²) in [6, 6.07) is 14.2. The maximum absolute atomic E-state index is 13.7. The predicted octanol–water partition coefficient (Wildman–Crippen LogP) is 5.44. The molecule has 0 spiro atoms. The van der Waals surface area contributed by atoms with E-state index in [4.69, 9.17) is 0 Å². The predicted molar refractivity (Wildman–Crippen MR) is 105 cm³/mol. The van der Waals surface area contributed by atoms with Crippen LogP contribution in [0.1, 0.15) is 22.3 Å². The Labute approximate surface area is 166 Å². The minimum atomic E-state index is -4.90. The molecule has 0 saturated heterocycles. The van der Waals surface area contributed by atoms with Crippen LogP contribution in [0.15, 0.2) is 64.6 Å². The third-order valence-electron chi connectivity index (χ3n) is 4.43. The van der Waals surface area contributed by atoms with Crippen LogP contribution in [0.2, 0.25) is 0 Å². The molecule has 3 aromatic rings. The number of rotatable bonds is 4. The van der Waals surface area contributed by atoms with Gasteiger partial charge in [-0.15, -0.1) is 0 Å². The summed E-state index contributed by atoms with van der Waals surface area (Å²) in [5.41, 5.74) is -0.156. The van der Waals surface area contributed by atoms with Gasteiger partial charge in [-0.1, -0.05) is 59.3 Å². The molecule has 0 aliphatic heterocycles. The van der Waals surface area contributed by atoms with Gasteiger partial charge in [-0.2, -0.15) is 21.6 Å². The average molecular weight is 421 g/mol. The Hall–Kier alpha value is -2.87. The van der Waals surface area contributed by atoms with Crippen molar-refractivity contribution in [2.24, 2.45) is 5.16 Å². The topological polar surface area (TPSA) is 55.7 Å². The summed E-state index contributed by atoms with van der Waals surface area (Å²) in [4.78, 5) is -0.252. The molecule has 0 N–H and O–H groups in total. The smallest absolute Gasteiger partial charge is 0.264 e. The highest BCUT2D eigenvalue weighted by Crippen LogP contribution is 2.29. The Kier molecular flexibility index (Phi) is 5.40. The van der Waals surface area contributed by atoms with Crippen LogP contribution in [0.4, 0.5) is 13.2 Å². The first-order chi connectivity index (χ1) is 13.5. The lowest BCUT2D eigenvalue weighted by molar-refractivity contribution is -0.0597. The van der Waals surface area contributed by atoms with Crippen LogP contribution in [-0.2, 0) is 14.4 Å². The van der Waals surface area contributed by atoms with Gasteiger partial charge in [-0.25, -0.2) is 0 Å². The van der Waals surface area contributed by atoms with Crippen molar-refractivity contribution in [2.45, 2.75) is 31.8 Å². The molecule has 0 aromatic heterocycles. The summed E-state index contributed by atoms with van der Waals surface area (Å²) < 4.78 is 70.9. The highest BCUT2D eigenvalue weighted by Gasteiger charge is 2.40. The minimum absolute atomic E-state index is 0.198. The van der Waals surface area contributed by atoms with Gasteiger partial charge in [0.1, 0.15) is 4.90 Å². The second kappa shape index (κ2) is 7.51. The Morgan fingerprint density at radius 3 is 2.14 bits per heavy atom. The maximum atomic E-state index is 13.7. The van der Waals surface area contributed by atoms with Crippen molar-refractivity contribution in [1.29, 1.82) is 0 Å². The van der Waals surface area contributed by atoms with E-state index in [2.05, 4.69) is 9.44 Å². The zero-order valence-electron chi connectivity index (χ0n) is 15.9. The molecule has 8 heteroatoms. The molecule has 3 rings (SSSR count). The van der Waals surface area contributed by atoms with Crippen LogP contribution in [0.25, 0.3) is 10.8 Å². The summed E-state index contributed by atoms with van der Waals surface area (Å²) in [5.74, 6) is 0. The molecular weight excluding hydrogens is 403 g/mol. The molecule has 0 atom stereocenters. The van der Waals surface area contributed by atoms with Crippen molar-refractivity contribution in [3.8, 4) is 0 Å². The van der Waals surface area contributed by atoms with Crippen molar-refractivity contribution in [2.75, 3.05) is 0 Å². The third kappa shape index (κ3) is 4.27. The molecule has 29 heavy (non-hydrogen) atoms. The first kappa shape index (κ1) is 20.9. The normalized spacial score (nSPS) is 13.0. The Morgan fingerprint density at radius 1 is 0.931 bits per heavy atom. The van der Waals surface area contributed by atoms with Crippen LogP contribution in [0, 0.1) is 20.8 Å².